The van der Waals surface area contributed by atoms with Crippen molar-refractivity contribution in [3.63, 3.8) is 0 Å². The van der Waals surface area contributed by atoms with E-state index in [4.69, 9.17) is 0 Å². The van der Waals surface area contributed by atoms with E-state index in [0.29, 0.717) is 0 Å². The van der Waals surface area contributed by atoms with Crippen molar-refractivity contribution >= 4 is 34.5 Å². The Bertz CT molecular complexity index is 2150. The average molecular weight is 633 g/mol. The van der Waals surface area contributed by atoms with Gasteiger partial charge in [-0.1, -0.05) is 140 Å². The van der Waals surface area contributed by atoms with Crippen molar-refractivity contribution in [1.82, 2.24) is 0 Å². The summed E-state index contributed by atoms with van der Waals surface area (Å²) in [7, 11) is 2.16. The predicted octanol–water partition coefficient (Wildman–Crippen LogP) is 12.8. The Balaban J connectivity index is 1.17. The third-order valence-electron chi connectivity index (χ3n) is 9.27. The number of rotatable bonds is 9. The second-order valence-electron chi connectivity index (χ2n) is 12.3. The molecule has 0 saturated carbocycles. The summed E-state index contributed by atoms with van der Waals surface area (Å²) in [4.78, 5) is 4.62. The molecule has 0 fully saturated rings. The summed E-state index contributed by atoms with van der Waals surface area (Å²) < 4.78 is 0. The molecule has 2 heteroatoms. The van der Waals surface area contributed by atoms with Gasteiger partial charge in [0.2, 0.25) is 0 Å². The molecule has 0 aromatic heterocycles. The van der Waals surface area contributed by atoms with Crippen LogP contribution < -0.4 is 9.80 Å². The molecule has 49 heavy (non-hydrogen) atoms. The van der Waals surface area contributed by atoms with Gasteiger partial charge in [-0.05, 0) is 101 Å². The molecule has 0 amide bonds. The Hall–Kier alpha value is -6.12. The van der Waals surface area contributed by atoms with Crippen LogP contribution in [0.4, 0.5) is 22.7 Å². The average Bonchev–Trinajstić information content (AvgIpc) is 3.17. The first-order chi connectivity index (χ1) is 24.1. The minimum Gasteiger partial charge on any atom is -0.344 e. The molecule has 0 unspecified atom stereocenters. The fraction of sp³-hybridized carbons (Fsp3) is 0.0638. The van der Waals surface area contributed by atoms with Crippen molar-refractivity contribution in [2.75, 3.05) is 16.8 Å². The van der Waals surface area contributed by atoms with Gasteiger partial charge in [0.1, 0.15) is 0 Å². The Labute approximate surface area is 290 Å². The number of nitrogens with zero attached hydrogens (tertiary/aromatic N) is 2. The topological polar surface area (TPSA) is 6.48 Å². The maximum absolute atomic E-state index is 4.09. The lowest BCUT2D eigenvalue weighted by Crippen LogP contribution is -2.18. The maximum Gasteiger partial charge on any atom is 0.0523 e. The van der Waals surface area contributed by atoms with Crippen molar-refractivity contribution in [2.24, 2.45) is 0 Å². The molecule has 0 saturated heterocycles. The van der Waals surface area contributed by atoms with E-state index in [2.05, 4.69) is 206 Å². The Morgan fingerprint density at radius 3 is 1.73 bits per heavy atom. The third kappa shape index (κ3) is 6.68. The number of benzene rings is 6. The number of hydrogen-bond donors (Lipinski definition) is 0. The third-order valence-corrected chi connectivity index (χ3v) is 9.27. The highest BCUT2D eigenvalue weighted by Gasteiger charge is 2.18. The monoisotopic (exact) mass is 632 g/mol. The minimum atomic E-state index is 0.892. The lowest BCUT2D eigenvalue weighted by Gasteiger charge is -2.27. The Morgan fingerprint density at radius 1 is 0.571 bits per heavy atom. The van der Waals surface area contributed by atoms with Gasteiger partial charge in [0.15, 0.2) is 0 Å². The summed E-state index contributed by atoms with van der Waals surface area (Å²) in [5.74, 6) is 0. The van der Waals surface area contributed by atoms with Gasteiger partial charge in [-0.25, -0.2) is 0 Å². The zero-order chi connectivity index (χ0) is 33.6. The van der Waals surface area contributed by atoms with Gasteiger partial charge < -0.3 is 9.80 Å². The molecule has 6 aromatic rings. The SMILES string of the molecule is C=Cc1ccccc1/C(=C1/C=CC=CC1)N(C)c1ccc(-c2ccc(N(c3ccccc3)c3ccc(-c4ccccc4C)cc3)cc2)cc1. The number of para-hydroxylation sites is 1. The van der Waals surface area contributed by atoms with Crippen LogP contribution >= 0.6 is 0 Å². The second-order valence-corrected chi connectivity index (χ2v) is 12.3. The van der Waals surface area contributed by atoms with E-state index in [-0.39, 0.29) is 0 Å². The zero-order valence-electron chi connectivity index (χ0n) is 28.1. The smallest absolute Gasteiger partial charge is 0.0523 e. The predicted molar refractivity (Wildman–Crippen MR) is 211 cm³/mol. The Kier molecular flexibility index (Phi) is 9.21. The van der Waals surface area contributed by atoms with Gasteiger partial charge in [0, 0.05) is 35.4 Å². The minimum absolute atomic E-state index is 0.892. The molecule has 1 aliphatic carbocycles. The molecular weight excluding hydrogens is 593 g/mol. The van der Waals surface area contributed by atoms with Crippen LogP contribution in [0.2, 0.25) is 0 Å². The van der Waals surface area contributed by atoms with E-state index >= 15 is 0 Å². The second kappa shape index (κ2) is 14.3. The fourth-order valence-electron chi connectivity index (χ4n) is 6.67. The highest BCUT2D eigenvalue weighted by atomic mass is 15.1. The van der Waals surface area contributed by atoms with Gasteiger partial charge >= 0.3 is 0 Å². The summed E-state index contributed by atoms with van der Waals surface area (Å²) in [6.07, 6.45) is 11.5. The van der Waals surface area contributed by atoms with Gasteiger partial charge in [-0.2, -0.15) is 0 Å². The fourth-order valence-corrected chi connectivity index (χ4v) is 6.67. The van der Waals surface area contributed by atoms with Gasteiger partial charge in [0.25, 0.3) is 0 Å². The molecule has 0 heterocycles. The van der Waals surface area contributed by atoms with Crippen LogP contribution in [0.25, 0.3) is 34.0 Å². The largest absolute Gasteiger partial charge is 0.344 e. The summed E-state index contributed by atoms with van der Waals surface area (Å²) in [5.41, 5.74) is 15.4. The number of hydrogen-bond acceptors (Lipinski definition) is 2. The molecule has 2 nitrogen and oxygen atoms in total. The zero-order valence-corrected chi connectivity index (χ0v) is 28.1. The molecule has 0 N–H and O–H groups in total. The van der Waals surface area contributed by atoms with E-state index in [1.165, 1.54) is 44.7 Å². The van der Waals surface area contributed by atoms with E-state index in [1.54, 1.807) is 0 Å². The van der Waals surface area contributed by atoms with Gasteiger partial charge in [-0.15, -0.1) is 0 Å². The summed E-state index contributed by atoms with van der Waals surface area (Å²) >= 11 is 0. The first kappa shape index (κ1) is 31.5. The van der Waals surface area contributed by atoms with Crippen LogP contribution in [-0.4, -0.2) is 7.05 Å². The van der Waals surface area contributed by atoms with Crippen LogP contribution in [0.1, 0.15) is 23.1 Å². The van der Waals surface area contributed by atoms with E-state index in [1.807, 2.05) is 6.08 Å². The highest BCUT2D eigenvalue weighted by molar-refractivity contribution is 5.87. The standard InChI is InChI=1S/C47H40N2/c1-4-36-16-12-14-22-46(36)47(40-17-7-5-8-18-40)48(3)41-29-23-37(24-30-41)38-25-31-43(32-26-38)49(42-19-9-6-10-20-42)44-33-27-39(28-34-44)45-21-13-11-15-35(45)2/h4-17,19-34H,1,18H2,2-3H3/b47-40+. The molecule has 0 radical (unpaired) electrons. The molecule has 0 atom stereocenters. The van der Waals surface area contributed by atoms with E-state index in [0.717, 1.165) is 34.7 Å². The maximum atomic E-state index is 4.09. The highest BCUT2D eigenvalue weighted by Crippen LogP contribution is 2.38. The van der Waals surface area contributed by atoms with Gasteiger partial charge in [0.05, 0.1) is 5.70 Å². The van der Waals surface area contributed by atoms with Crippen LogP contribution in [-0.2, 0) is 0 Å². The molecule has 7 rings (SSSR count). The van der Waals surface area contributed by atoms with E-state index < -0.39 is 0 Å². The summed E-state index contributed by atoms with van der Waals surface area (Å²) in [6.45, 7) is 6.25. The molecule has 6 aromatic carbocycles. The molecule has 0 bridgehead atoms. The van der Waals surface area contributed by atoms with Crippen molar-refractivity contribution < 1.29 is 0 Å². The number of anilines is 4. The van der Waals surface area contributed by atoms with Crippen molar-refractivity contribution in [3.05, 3.63) is 205 Å². The van der Waals surface area contributed by atoms with Gasteiger partial charge in [-0.3, -0.25) is 0 Å². The molecular formula is C47H40N2. The first-order valence-electron chi connectivity index (χ1n) is 16.8. The first-order valence-corrected chi connectivity index (χ1v) is 16.8. The van der Waals surface area contributed by atoms with Crippen LogP contribution in [0.5, 0.6) is 0 Å². The quantitative estimate of drug-likeness (QED) is 0.156. The number of aryl methyl sites for hydroxylation is 1. The molecule has 0 aliphatic heterocycles. The molecule has 0 spiro atoms. The van der Waals surface area contributed by atoms with Crippen molar-refractivity contribution in [3.8, 4) is 22.3 Å². The lowest BCUT2D eigenvalue weighted by atomic mass is 9.95. The molecule has 238 valence electrons. The normalized spacial score (nSPS) is 13.2. The van der Waals surface area contributed by atoms with Crippen LogP contribution in [0.3, 0.4) is 0 Å². The van der Waals surface area contributed by atoms with E-state index in [9.17, 15) is 0 Å². The van der Waals surface area contributed by atoms with Crippen molar-refractivity contribution in [1.29, 1.82) is 0 Å². The van der Waals surface area contributed by atoms with Crippen LogP contribution in [0.15, 0.2) is 188 Å². The van der Waals surface area contributed by atoms with Crippen molar-refractivity contribution in [2.45, 2.75) is 13.3 Å². The molecule has 1 aliphatic rings. The summed E-state index contributed by atoms with van der Waals surface area (Å²) in [6, 6.07) is 54.2. The van der Waals surface area contributed by atoms with Crippen LogP contribution in [0, 0.1) is 6.92 Å². The summed E-state index contributed by atoms with van der Waals surface area (Å²) in [5, 5.41) is 0. The Morgan fingerprint density at radius 2 is 1.12 bits per heavy atom. The number of allylic oxidation sites excluding steroid dienone is 5. The lowest BCUT2D eigenvalue weighted by molar-refractivity contribution is 1.16.